The number of furan rings is 1. The number of aromatic nitrogens is 2. The molecule has 3 aromatic rings. The molecule has 1 amide bonds. The molecule has 1 aromatic carbocycles. The molecule has 0 fully saturated rings. The number of halogens is 1. The van der Waals surface area contributed by atoms with E-state index in [1.165, 1.54) is 0 Å². The number of benzene rings is 1. The summed E-state index contributed by atoms with van der Waals surface area (Å²) in [5.41, 5.74) is 0.539. The van der Waals surface area contributed by atoms with E-state index in [9.17, 15) is 4.79 Å². The van der Waals surface area contributed by atoms with Crippen LogP contribution in [0.4, 0.5) is 0 Å². The second-order valence-corrected chi connectivity index (χ2v) is 6.81. The molecule has 0 aliphatic rings. The number of hydrogen-bond donors (Lipinski definition) is 1. The van der Waals surface area contributed by atoms with Gasteiger partial charge in [0.25, 0.3) is 5.91 Å². The third-order valence-corrected chi connectivity index (χ3v) is 4.12. The molecule has 0 unspecified atom stereocenters. The fraction of sp³-hybridized carbons (Fsp3) is 0.263. The van der Waals surface area contributed by atoms with Crippen molar-refractivity contribution in [3.8, 4) is 17.2 Å². The highest BCUT2D eigenvalue weighted by Gasteiger charge is 2.30. The first-order valence-corrected chi connectivity index (χ1v) is 8.52. The van der Waals surface area contributed by atoms with Gasteiger partial charge in [0.1, 0.15) is 11.4 Å². The monoisotopic (exact) mass is 373 g/mol. The molecule has 0 atom stereocenters. The van der Waals surface area contributed by atoms with E-state index >= 15 is 0 Å². The first-order valence-electron chi connectivity index (χ1n) is 8.15. The molecule has 0 spiro atoms. The summed E-state index contributed by atoms with van der Waals surface area (Å²) >= 11 is 5.86. The van der Waals surface area contributed by atoms with E-state index in [0.29, 0.717) is 17.3 Å². The Morgan fingerprint density at radius 1 is 1.31 bits per heavy atom. The van der Waals surface area contributed by atoms with Crippen molar-refractivity contribution in [2.24, 2.45) is 7.05 Å². The van der Waals surface area contributed by atoms with Crippen LogP contribution in [-0.2, 0) is 18.4 Å². The van der Waals surface area contributed by atoms with E-state index < -0.39 is 5.60 Å². The number of hydrogen-bond acceptors (Lipinski definition) is 4. The summed E-state index contributed by atoms with van der Waals surface area (Å²) in [6.07, 6.45) is 1.61. The highest BCUT2D eigenvalue weighted by atomic mass is 35.5. The van der Waals surface area contributed by atoms with E-state index in [0.717, 1.165) is 17.1 Å². The number of amides is 1. The Morgan fingerprint density at radius 3 is 2.69 bits per heavy atom. The summed E-state index contributed by atoms with van der Waals surface area (Å²) in [5.74, 6) is 1.06. The van der Waals surface area contributed by atoms with E-state index in [4.69, 9.17) is 20.8 Å². The van der Waals surface area contributed by atoms with Crippen LogP contribution in [-0.4, -0.2) is 21.3 Å². The first kappa shape index (κ1) is 18.1. The Balaban J connectivity index is 1.62. The molecule has 1 N–H and O–H groups in total. The zero-order valence-corrected chi connectivity index (χ0v) is 15.6. The van der Waals surface area contributed by atoms with Gasteiger partial charge in [-0.1, -0.05) is 11.6 Å². The minimum absolute atomic E-state index is 0.238. The van der Waals surface area contributed by atoms with Crippen LogP contribution in [0, 0.1) is 0 Å². The molecule has 0 saturated carbocycles. The van der Waals surface area contributed by atoms with Crippen molar-refractivity contribution in [1.29, 1.82) is 0 Å². The van der Waals surface area contributed by atoms with Crippen molar-refractivity contribution in [2.45, 2.75) is 26.0 Å². The lowest BCUT2D eigenvalue weighted by molar-refractivity contribution is -0.134. The summed E-state index contributed by atoms with van der Waals surface area (Å²) in [5, 5.41) is 7.87. The van der Waals surface area contributed by atoms with Gasteiger partial charge in [-0.25, -0.2) is 0 Å². The number of carbonyl (C=O) groups is 1. The number of ether oxygens (including phenoxy) is 1. The summed E-state index contributed by atoms with van der Waals surface area (Å²) in [6, 6.07) is 12.5. The minimum atomic E-state index is -1.04. The highest BCUT2D eigenvalue weighted by Crippen LogP contribution is 2.22. The topological polar surface area (TPSA) is 69.3 Å². The van der Waals surface area contributed by atoms with Gasteiger partial charge < -0.3 is 14.5 Å². The van der Waals surface area contributed by atoms with Crippen molar-refractivity contribution in [3.05, 3.63) is 59.4 Å². The van der Waals surface area contributed by atoms with Crippen molar-refractivity contribution < 1.29 is 13.9 Å². The number of nitrogens with zero attached hydrogens (tertiary/aromatic N) is 2. The maximum atomic E-state index is 12.5. The van der Waals surface area contributed by atoms with Crippen LogP contribution in [0.5, 0.6) is 5.75 Å². The van der Waals surface area contributed by atoms with Gasteiger partial charge in [0.2, 0.25) is 0 Å². The van der Waals surface area contributed by atoms with Gasteiger partial charge >= 0.3 is 0 Å². The smallest absolute Gasteiger partial charge is 0.263 e. The largest absolute Gasteiger partial charge is 0.478 e. The molecule has 2 heterocycles. The average molecular weight is 374 g/mol. The Bertz CT molecular complexity index is 883. The van der Waals surface area contributed by atoms with Gasteiger partial charge in [-0.3, -0.25) is 9.48 Å². The summed E-state index contributed by atoms with van der Waals surface area (Å²) in [7, 11) is 1.83. The first-order chi connectivity index (χ1) is 12.3. The molecule has 0 radical (unpaired) electrons. The molecule has 3 rings (SSSR count). The summed E-state index contributed by atoms with van der Waals surface area (Å²) in [4.78, 5) is 12.5. The Kier molecular flexibility index (Phi) is 5.04. The zero-order valence-electron chi connectivity index (χ0n) is 14.8. The molecule has 0 aliphatic carbocycles. The van der Waals surface area contributed by atoms with E-state index in [-0.39, 0.29) is 5.91 Å². The fourth-order valence-electron chi connectivity index (χ4n) is 2.50. The Labute approximate surface area is 156 Å². The molecule has 2 aromatic heterocycles. The molecule has 0 bridgehead atoms. The van der Waals surface area contributed by atoms with Crippen molar-refractivity contribution in [2.75, 3.05) is 0 Å². The van der Waals surface area contributed by atoms with Crippen LogP contribution in [0.25, 0.3) is 11.5 Å². The Morgan fingerprint density at radius 2 is 2.04 bits per heavy atom. The number of rotatable bonds is 6. The third-order valence-electron chi connectivity index (χ3n) is 3.87. The van der Waals surface area contributed by atoms with Gasteiger partial charge in [-0.15, -0.1) is 0 Å². The van der Waals surface area contributed by atoms with E-state index in [1.807, 2.05) is 25.2 Å². The van der Waals surface area contributed by atoms with Crippen molar-refractivity contribution in [3.63, 3.8) is 0 Å². The average Bonchev–Trinajstić information content (AvgIpc) is 3.24. The van der Waals surface area contributed by atoms with Gasteiger partial charge in [0.05, 0.1) is 18.5 Å². The van der Waals surface area contributed by atoms with Gasteiger partial charge in [-0.05, 0) is 56.3 Å². The van der Waals surface area contributed by atoms with Gasteiger partial charge in [0, 0.05) is 12.1 Å². The lowest BCUT2D eigenvalue weighted by Crippen LogP contribution is -2.46. The highest BCUT2D eigenvalue weighted by molar-refractivity contribution is 6.30. The van der Waals surface area contributed by atoms with Crippen LogP contribution in [0.2, 0.25) is 5.02 Å². The van der Waals surface area contributed by atoms with Crippen LogP contribution in [0.3, 0.4) is 0 Å². The maximum Gasteiger partial charge on any atom is 0.263 e. The SMILES string of the molecule is Cn1nc(CNC(=O)C(C)(C)Oc2ccc(Cl)cc2)cc1-c1ccco1. The third kappa shape index (κ3) is 4.08. The lowest BCUT2D eigenvalue weighted by atomic mass is 10.1. The second-order valence-electron chi connectivity index (χ2n) is 6.37. The quantitative estimate of drug-likeness (QED) is 0.713. The molecule has 7 heteroatoms. The lowest BCUT2D eigenvalue weighted by Gasteiger charge is -2.25. The zero-order chi connectivity index (χ0) is 18.7. The summed E-state index contributed by atoms with van der Waals surface area (Å²) < 4.78 is 12.9. The van der Waals surface area contributed by atoms with E-state index in [1.54, 1.807) is 49.1 Å². The van der Waals surface area contributed by atoms with Crippen LogP contribution in [0.1, 0.15) is 19.5 Å². The van der Waals surface area contributed by atoms with Gasteiger partial charge in [0.15, 0.2) is 11.4 Å². The number of nitrogens with one attached hydrogen (secondary N) is 1. The number of carbonyl (C=O) groups excluding carboxylic acids is 1. The van der Waals surface area contributed by atoms with Crippen molar-refractivity contribution in [1.82, 2.24) is 15.1 Å². The minimum Gasteiger partial charge on any atom is -0.478 e. The molecule has 136 valence electrons. The molecular formula is C19H20ClN3O3. The molecular weight excluding hydrogens is 354 g/mol. The second kappa shape index (κ2) is 7.25. The molecule has 0 saturated heterocycles. The molecule has 26 heavy (non-hydrogen) atoms. The predicted molar refractivity (Wildman–Crippen MR) is 98.9 cm³/mol. The normalized spacial score (nSPS) is 11.4. The maximum absolute atomic E-state index is 12.5. The van der Waals surface area contributed by atoms with E-state index in [2.05, 4.69) is 10.4 Å². The molecule has 6 nitrogen and oxygen atoms in total. The van der Waals surface area contributed by atoms with Crippen LogP contribution >= 0.6 is 11.6 Å². The van der Waals surface area contributed by atoms with Crippen molar-refractivity contribution >= 4 is 17.5 Å². The van der Waals surface area contributed by atoms with Gasteiger partial charge in [-0.2, -0.15) is 5.10 Å². The Hall–Kier alpha value is -2.73. The van der Waals surface area contributed by atoms with Crippen LogP contribution in [0.15, 0.2) is 53.1 Å². The predicted octanol–water partition coefficient (Wildman–Crippen LogP) is 3.81. The summed E-state index contributed by atoms with van der Waals surface area (Å²) in [6.45, 7) is 3.72. The fourth-order valence-corrected chi connectivity index (χ4v) is 2.62. The molecule has 0 aliphatic heterocycles. The number of aryl methyl sites for hydroxylation is 1. The van der Waals surface area contributed by atoms with Crippen LogP contribution < -0.4 is 10.1 Å². The standard InChI is InChI=1S/C19H20ClN3O3/c1-19(2,26-15-8-6-13(20)7-9-15)18(24)21-12-14-11-16(23(3)22-14)17-5-4-10-25-17/h4-11H,12H2,1-3H3,(H,21,24).